The van der Waals surface area contributed by atoms with E-state index in [0.717, 1.165) is 18.4 Å². The second-order valence-electron chi connectivity index (χ2n) is 6.33. The Labute approximate surface area is 149 Å². The fourth-order valence-corrected chi connectivity index (χ4v) is 2.81. The minimum Gasteiger partial charge on any atom is -0.236 e. The molecule has 4 heteroatoms. The summed E-state index contributed by atoms with van der Waals surface area (Å²) in [5.41, 5.74) is 1.41. The average Bonchev–Trinajstić information content (AvgIpc) is 2.63. The Morgan fingerprint density at radius 1 is 0.960 bits per heavy atom. The summed E-state index contributed by atoms with van der Waals surface area (Å²) in [6.07, 6.45) is 13.6. The van der Waals surface area contributed by atoms with Crippen molar-refractivity contribution < 1.29 is 8.78 Å². The maximum Gasteiger partial charge on any atom is 0.170 e. The molecule has 134 valence electrons. The lowest BCUT2D eigenvalue weighted by Crippen LogP contribution is -1.99. The van der Waals surface area contributed by atoms with Gasteiger partial charge in [-0.2, -0.15) is 0 Å². The molecule has 0 N–H and O–H groups in total. The van der Waals surface area contributed by atoms with E-state index in [4.69, 9.17) is 0 Å². The van der Waals surface area contributed by atoms with Crippen LogP contribution in [0.3, 0.4) is 0 Å². The average molecular weight is 344 g/mol. The van der Waals surface area contributed by atoms with Crippen LogP contribution in [-0.2, 0) is 12.8 Å². The van der Waals surface area contributed by atoms with Gasteiger partial charge in [0.2, 0.25) is 0 Å². The molecule has 0 fully saturated rings. The van der Waals surface area contributed by atoms with E-state index in [1.807, 2.05) is 0 Å². The monoisotopic (exact) mass is 344 g/mol. The Hall–Kier alpha value is -2.10. The van der Waals surface area contributed by atoms with Crippen molar-refractivity contribution in [2.75, 3.05) is 0 Å². The van der Waals surface area contributed by atoms with E-state index in [2.05, 4.69) is 23.5 Å². The number of benzene rings is 1. The first-order valence-electron chi connectivity index (χ1n) is 9.06. The number of allylic oxidation sites excluding steroid dienone is 1. The van der Waals surface area contributed by atoms with Crippen LogP contribution < -0.4 is 0 Å². The van der Waals surface area contributed by atoms with Crippen LogP contribution in [0.1, 0.15) is 56.6 Å². The number of hydrogen-bond donors (Lipinski definition) is 0. The molecule has 0 aliphatic heterocycles. The molecule has 25 heavy (non-hydrogen) atoms. The van der Waals surface area contributed by atoms with Crippen LogP contribution >= 0.6 is 0 Å². The second-order valence-corrected chi connectivity index (χ2v) is 6.33. The van der Waals surface area contributed by atoms with Crippen molar-refractivity contribution in [1.82, 2.24) is 9.97 Å². The predicted octanol–water partition coefficient (Wildman–Crippen LogP) is 6.05. The summed E-state index contributed by atoms with van der Waals surface area (Å²) >= 11 is 0. The Balaban J connectivity index is 1.98. The smallest absolute Gasteiger partial charge is 0.170 e. The van der Waals surface area contributed by atoms with E-state index in [1.54, 1.807) is 24.5 Å². The Bertz CT molecular complexity index is 681. The molecule has 1 aromatic carbocycles. The number of rotatable bonds is 10. The molecule has 2 aromatic rings. The zero-order valence-electron chi connectivity index (χ0n) is 14.9. The van der Waals surface area contributed by atoms with Gasteiger partial charge in [0.05, 0.1) is 5.56 Å². The molecule has 0 aliphatic rings. The highest BCUT2D eigenvalue weighted by molar-refractivity contribution is 5.56. The van der Waals surface area contributed by atoms with E-state index in [-0.39, 0.29) is 17.0 Å². The van der Waals surface area contributed by atoms with Gasteiger partial charge in [0, 0.05) is 12.4 Å². The maximum atomic E-state index is 14.2. The minimum atomic E-state index is -0.900. The first kappa shape index (κ1) is 19.2. The largest absolute Gasteiger partial charge is 0.236 e. The summed E-state index contributed by atoms with van der Waals surface area (Å²) < 4.78 is 28.3. The van der Waals surface area contributed by atoms with Crippen molar-refractivity contribution in [3.8, 4) is 11.4 Å². The van der Waals surface area contributed by atoms with Gasteiger partial charge in [0.15, 0.2) is 17.5 Å². The van der Waals surface area contributed by atoms with Gasteiger partial charge in [-0.15, -0.1) is 6.58 Å². The molecule has 0 atom stereocenters. The molecule has 1 heterocycles. The first-order valence-corrected chi connectivity index (χ1v) is 9.06. The van der Waals surface area contributed by atoms with E-state index in [1.165, 1.54) is 38.2 Å². The predicted molar refractivity (Wildman–Crippen MR) is 98.4 cm³/mol. The number of unbranched alkanes of at least 4 members (excludes halogenated alkanes) is 5. The van der Waals surface area contributed by atoms with Gasteiger partial charge in [-0.05, 0) is 36.5 Å². The third-order valence-corrected chi connectivity index (χ3v) is 4.29. The minimum absolute atomic E-state index is 0.0939. The maximum absolute atomic E-state index is 14.2. The molecule has 0 amide bonds. The van der Waals surface area contributed by atoms with Gasteiger partial charge in [-0.3, -0.25) is 0 Å². The highest BCUT2D eigenvalue weighted by atomic mass is 19.2. The van der Waals surface area contributed by atoms with Crippen molar-refractivity contribution in [3.05, 3.63) is 59.9 Å². The molecule has 2 nitrogen and oxygen atoms in total. The van der Waals surface area contributed by atoms with Crippen molar-refractivity contribution in [2.24, 2.45) is 0 Å². The van der Waals surface area contributed by atoms with Crippen LogP contribution in [0.25, 0.3) is 11.4 Å². The van der Waals surface area contributed by atoms with E-state index in [9.17, 15) is 8.78 Å². The number of nitrogens with zero attached hydrogens (tertiary/aromatic N) is 2. The number of aromatic nitrogens is 2. The Morgan fingerprint density at radius 3 is 2.32 bits per heavy atom. The zero-order valence-corrected chi connectivity index (χ0v) is 14.9. The zero-order chi connectivity index (χ0) is 18.1. The van der Waals surface area contributed by atoms with Gasteiger partial charge in [0.25, 0.3) is 0 Å². The summed E-state index contributed by atoms with van der Waals surface area (Å²) in [5.74, 6) is -1.53. The fourth-order valence-electron chi connectivity index (χ4n) is 2.81. The summed E-state index contributed by atoms with van der Waals surface area (Å²) in [6.45, 7) is 5.76. The molecular weight excluding hydrogens is 318 g/mol. The second kappa shape index (κ2) is 10.0. The van der Waals surface area contributed by atoms with Gasteiger partial charge in [-0.25, -0.2) is 18.7 Å². The molecule has 2 rings (SSSR count). The lowest BCUT2D eigenvalue weighted by atomic mass is 10.1. The molecular formula is C21H26F2N2. The quantitative estimate of drug-likeness (QED) is 0.387. The van der Waals surface area contributed by atoms with Crippen LogP contribution in [0.15, 0.2) is 37.2 Å². The summed E-state index contributed by atoms with van der Waals surface area (Å²) in [6, 6.07) is 3.09. The molecule has 0 bridgehead atoms. The molecule has 0 saturated heterocycles. The number of aryl methyl sites for hydroxylation is 1. The van der Waals surface area contributed by atoms with Gasteiger partial charge < -0.3 is 0 Å². The third-order valence-electron chi connectivity index (χ3n) is 4.29. The van der Waals surface area contributed by atoms with E-state index < -0.39 is 11.6 Å². The topological polar surface area (TPSA) is 25.8 Å². The third kappa shape index (κ3) is 5.45. The highest BCUT2D eigenvalue weighted by Gasteiger charge is 2.15. The molecule has 0 aliphatic carbocycles. The van der Waals surface area contributed by atoms with E-state index >= 15 is 0 Å². The van der Waals surface area contributed by atoms with Crippen molar-refractivity contribution in [2.45, 2.75) is 58.3 Å². The van der Waals surface area contributed by atoms with Gasteiger partial charge >= 0.3 is 0 Å². The normalized spacial score (nSPS) is 10.8. The molecule has 0 saturated carbocycles. The SMILES string of the molecule is C=CCc1ccc(-c2ncc(CCCCCCCC)cn2)c(F)c1F. The van der Waals surface area contributed by atoms with Crippen LogP contribution in [0.4, 0.5) is 8.78 Å². The molecule has 1 aromatic heterocycles. The Morgan fingerprint density at radius 2 is 1.64 bits per heavy atom. The molecule has 0 unspecified atom stereocenters. The summed E-state index contributed by atoms with van der Waals surface area (Å²) in [7, 11) is 0. The summed E-state index contributed by atoms with van der Waals surface area (Å²) in [5, 5.41) is 0. The van der Waals surface area contributed by atoms with Crippen LogP contribution in [0.5, 0.6) is 0 Å². The lowest BCUT2D eigenvalue weighted by molar-refractivity contribution is 0.503. The Kier molecular flexibility index (Phi) is 7.71. The molecule has 0 spiro atoms. The number of halogens is 2. The van der Waals surface area contributed by atoms with Gasteiger partial charge in [-0.1, -0.05) is 51.2 Å². The van der Waals surface area contributed by atoms with Crippen molar-refractivity contribution in [3.63, 3.8) is 0 Å². The van der Waals surface area contributed by atoms with Crippen molar-refractivity contribution in [1.29, 1.82) is 0 Å². The van der Waals surface area contributed by atoms with E-state index in [0.29, 0.717) is 6.42 Å². The van der Waals surface area contributed by atoms with Gasteiger partial charge in [0.1, 0.15) is 0 Å². The van der Waals surface area contributed by atoms with Crippen LogP contribution in [-0.4, -0.2) is 9.97 Å². The number of hydrogen-bond acceptors (Lipinski definition) is 2. The summed E-state index contributed by atoms with van der Waals surface area (Å²) in [4.78, 5) is 8.43. The first-order chi connectivity index (χ1) is 12.2. The lowest BCUT2D eigenvalue weighted by Gasteiger charge is -2.07. The molecule has 0 radical (unpaired) electrons. The van der Waals surface area contributed by atoms with Crippen molar-refractivity contribution >= 4 is 0 Å². The highest BCUT2D eigenvalue weighted by Crippen LogP contribution is 2.24. The fraction of sp³-hybridized carbons (Fsp3) is 0.429. The van der Waals surface area contributed by atoms with Crippen LogP contribution in [0.2, 0.25) is 0 Å². The van der Waals surface area contributed by atoms with Crippen LogP contribution in [0, 0.1) is 11.6 Å². The standard InChI is InChI=1S/C21H26F2N2/c1-3-5-6-7-8-9-11-16-14-24-21(25-15-16)18-13-12-17(10-4-2)19(22)20(18)23/h4,12-15H,2-3,5-11H2,1H3.